The van der Waals surface area contributed by atoms with Crippen molar-refractivity contribution in [2.75, 3.05) is 13.1 Å². The molecule has 0 spiro atoms. The molecule has 0 amide bonds. The number of H-pyrrole nitrogens is 1. The molecule has 0 unspecified atom stereocenters. The van der Waals surface area contributed by atoms with Crippen molar-refractivity contribution < 1.29 is 8.42 Å². The molecule has 2 heterocycles. The van der Waals surface area contributed by atoms with E-state index in [1.54, 1.807) is 12.1 Å². The van der Waals surface area contributed by atoms with Gasteiger partial charge in [0.25, 0.3) is 5.56 Å². The van der Waals surface area contributed by atoms with Gasteiger partial charge in [-0.25, -0.2) is 8.42 Å². The van der Waals surface area contributed by atoms with Crippen molar-refractivity contribution in [1.29, 1.82) is 0 Å². The number of halogens is 1. The highest BCUT2D eigenvalue weighted by molar-refractivity contribution is 9.10. The molecular weight excluding hydrogens is 358 g/mol. The normalized spacial score (nSPS) is 20.2. The first-order valence-electron chi connectivity index (χ1n) is 6.47. The summed E-state index contributed by atoms with van der Waals surface area (Å²) in [5, 5.41) is 0.746. The van der Waals surface area contributed by atoms with Crippen molar-refractivity contribution >= 4 is 36.7 Å². The van der Waals surface area contributed by atoms with E-state index in [1.807, 2.05) is 0 Å². The van der Waals surface area contributed by atoms with E-state index in [0.717, 1.165) is 0 Å². The molecule has 0 aliphatic carbocycles. The van der Waals surface area contributed by atoms with Crippen LogP contribution in [0.4, 0.5) is 0 Å². The summed E-state index contributed by atoms with van der Waals surface area (Å²) in [5.74, 6) is 0. The van der Waals surface area contributed by atoms with Crippen LogP contribution in [0.2, 0.25) is 0 Å². The SMILES string of the molecule is N[C@@H]1CCN(S(=O)(=O)c2cccc3c(=O)[nH]cc(Br)c23)C1. The summed E-state index contributed by atoms with van der Waals surface area (Å²) in [5.41, 5.74) is 5.48. The van der Waals surface area contributed by atoms with Gasteiger partial charge < -0.3 is 10.7 Å². The fourth-order valence-corrected chi connectivity index (χ4v) is 4.98. The summed E-state index contributed by atoms with van der Waals surface area (Å²) in [7, 11) is -3.67. The number of rotatable bonds is 2. The number of pyridine rings is 1. The van der Waals surface area contributed by atoms with Gasteiger partial charge >= 0.3 is 0 Å². The van der Waals surface area contributed by atoms with Gasteiger partial charge in [-0.2, -0.15) is 4.31 Å². The third-order valence-electron chi connectivity index (χ3n) is 3.64. The molecule has 0 radical (unpaired) electrons. The summed E-state index contributed by atoms with van der Waals surface area (Å²) in [6, 6.07) is 4.56. The lowest BCUT2D eigenvalue weighted by atomic mass is 10.2. The number of aromatic nitrogens is 1. The average Bonchev–Trinajstić information content (AvgIpc) is 2.90. The third-order valence-corrected chi connectivity index (χ3v) is 6.18. The summed E-state index contributed by atoms with van der Waals surface area (Å²) in [4.78, 5) is 14.6. The van der Waals surface area contributed by atoms with Crippen molar-refractivity contribution in [2.24, 2.45) is 5.73 Å². The Morgan fingerprint density at radius 3 is 2.81 bits per heavy atom. The maximum absolute atomic E-state index is 12.8. The molecule has 0 bridgehead atoms. The minimum atomic E-state index is -3.67. The molecule has 1 aromatic carbocycles. The first-order chi connectivity index (χ1) is 9.91. The van der Waals surface area contributed by atoms with Crippen LogP contribution in [-0.2, 0) is 10.0 Å². The molecule has 8 heteroatoms. The van der Waals surface area contributed by atoms with Gasteiger partial charge in [0.2, 0.25) is 10.0 Å². The van der Waals surface area contributed by atoms with E-state index in [0.29, 0.717) is 34.8 Å². The lowest BCUT2D eigenvalue weighted by Gasteiger charge is -2.17. The largest absolute Gasteiger partial charge is 0.327 e. The van der Waals surface area contributed by atoms with Gasteiger partial charge in [0.05, 0.1) is 4.90 Å². The smallest absolute Gasteiger partial charge is 0.255 e. The summed E-state index contributed by atoms with van der Waals surface area (Å²) < 4.78 is 27.5. The van der Waals surface area contributed by atoms with Crippen LogP contribution in [0.1, 0.15) is 6.42 Å². The zero-order chi connectivity index (χ0) is 15.2. The molecular formula is C13H14BrN3O3S. The molecule has 1 aromatic heterocycles. The van der Waals surface area contributed by atoms with E-state index in [1.165, 1.54) is 16.6 Å². The molecule has 1 aliphatic heterocycles. The van der Waals surface area contributed by atoms with Crippen LogP contribution in [0.15, 0.2) is 38.6 Å². The second kappa shape index (κ2) is 5.20. The maximum atomic E-state index is 12.8. The molecule has 3 rings (SSSR count). The molecule has 1 fully saturated rings. The number of nitrogens with two attached hydrogens (primary N) is 1. The Balaban J connectivity index is 2.26. The van der Waals surface area contributed by atoms with Crippen molar-refractivity contribution in [3.8, 4) is 0 Å². The Bertz CT molecular complexity index is 863. The number of nitrogens with one attached hydrogen (secondary N) is 1. The van der Waals surface area contributed by atoms with Gasteiger partial charge in [0, 0.05) is 40.6 Å². The third kappa shape index (κ3) is 2.42. The van der Waals surface area contributed by atoms with Crippen molar-refractivity contribution in [1.82, 2.24) is 9.29 Å². The van der Waals surface area contributed by atoms with E-state index in [-0.39, 0.29) is 16.5 Å². The molecule has 0 saturated carbocycles. The number of hydrogen-bond acceptors (Lipinski definition) is 4. The van der Waals surface area contributed by atoms with Gasteiger partial charge in [0.15, 0.2) is 0 Å². The number of fused-ring (bicyclic) bond motifs is 1. The van der Waals surface area contributed by atoms with Crippen LogP contribution in [0.25, 0.3) is 10.8 Å². The number of nitrogens with zero attached hydrogens (tertiary/aromatic N) is 1. The highest BCUT2D eigenvalue weighted by Gasteiger charge is 2.32. The number of hydrogen-bond donors (Lipinski definition) is 2. The van der Waals surface area contributed by atoms with E-state index < -0.39 is 10.0 Å². The molecule has 112 valence electrons. The minimum absolute atomic E-state index is 0.132. The molecule has 1 aliphatic rings. The predicted molar refractivity (Wildman–Crippen MR) is 83.6 cm³/mol. The van der Waals surface area contributed by atoms with Gasteiger partial charge in [-0.1, -0.05) is 6.07 Å². The standard InChI is InChI=1S/C13H14BrN3O3S/c14-10-6-16-13(18)9-2-1-3-11(12(9)10)21(19,20)17-5-4-8(15)7-17/h1-3,6,8H,4-5,7,15H2,(H,16,18)/t8-/m1/s1. The average molecular weight is 372 g/mol. The number of sulfonamides is 1. The van der Waals surface area contributed by atoms with Crippen LogP contribution in [-0.4, -0.2) is 36.8 Å². The Kier molecular flexibility index (Phi) is 3.64. The van der Waals surface area contributed by atoms with Gasteiger partial charge in [-0.15, -0.1) is 0 Å². The van der Waals surface area contributed by atoms with Crippen LogP contribution in [0, 0.1) is 0 Å². The quantitative estimate of drug-likeness (QED) is 0.823. The highest BCUT2D eigenvalue weighted by Crippen LogP contribution is 2.30. The Labute approximate surface area is 130 Å². The highest BCUT2D eigenvalue weighted by atomic mass is 79.9. The summed E-state index contributed by atoms with van der Waals surface area (Å²) >= 11 is 3.32. The second-order valence-corrected chi connectivity index (χ2v) is 7.82. The molecule has 1 saturated heterocycles. The predicted octanol–water partition coefficient (Wildman–Crippen LogP) is 1.01. The van der Waals surface area contributed by atoms with Gasteiger partial charge in [0.1, 0.15) is 0 Å². The zero-order valence-electron chi connectivity index (χ0n) is 11.0. The lowest BCUT2D eigenvalue weighted by Crippen LogP contribution is -2.32. The monoisotopic (exact) mass is 371 g/mol. The summed E-state index contributed by atoms with van der Waals surface area (Å²) in [6.45, 7) is 0.709. The molecule has 6 nitrogen and oxygen atoms in total. The Morgan fingerprint density at radius 2 is 2.14 bits per heavy atom. The lowest BCUT2D eigenvalue weighted by molar-refractivity contribution is 0.473. The second-order valence-electron chi connectivity index (χ2n) is 5.06. The van der Waals surface area contributed by atoms with Crippen LogP contribution >= 0.6 is 15.9 Å². The molecule has 3 N–H and O–H groups in total. The first-order valence-corrected chi connectivity index (χ1v) is 8.70. The number of aromatic amines is 1. The van der Waals surface area contributed by atoms with Crippen LogP contribution in [0.3, 0.4) is 0 Å². The van der Waals surface area contributed by atoms with Gasteiger partial charge in [-0.05, 0) is 34.5 Å². The van der Waals surface area contributed by atoms with Crippen LogP contribution < -0.4 is 11.3 Å². The fraction of sp³-hybridized carbons (Fsp3) is 0.308. The maximum Gasteiger partial charge on any atom is 0.255 e. The zero-order valence-corrected chi connectivity index (χ0v) is 13.4. The van der Waals surface area contributed by atoms with E-state index in [4.69, 9.17) is 5.73 Å². The topological polar surface area (TPSA) is 96.3 Å². The van der Waals surface area contributed by atoms with Crippen LogP contribution in [0.5, 0.6) is 0 Å². The van der Waals surface area contributed by atoms with Crippen molar-refractivity contribution in [2.45, 2.75) is 17.4 Å². The van der Waals surface area contributed by atoms with Gasteiger partial charge in [-0.3, -0.25) is 4.79 Å². The van der Waals surface area contributed by atoms with Crippen molar-refractivity contribution in [3.05, 3.63) is 39.2 Å². The Hall–Kier alpha value is -1.22. The molecule has 2 aromatic rings. The molecule has 21 heavy (non-hydrogen) atoms. The summed E-state index contributed by atoms with van der Waals surface area (Å²) in [6.07, 6.45) is 2.10. The van der Waals surface area contributed by atoms with E-state index in [2.05, 4.69) is 20.9 Å². The van der Waals surface area contributed by atoms with Crippen molar-refractivity contribution in [3.63, 3.8) is 0 Å². The first kappa shape index (κ1) is 14.7. The Morgan fingerprint density at radius 1 is 1.38 bits per heavy atom. The van der Waals surface area contributed by atoms with E-state index in [9.17, 15) is 13.2 Å². The number of benzene rings is 1. The van der Waals surface area contributed by atoms with E-state index >= 15 is 0 Å². The minimum Gasteiger partial charge on any atom is -0.327 e. The molecule has 1 atom stereocenters. The fourth-order valence-electron chi connectivity index (χ4n) is 2.57.